The molecule has 1 aliphatic rings. The van der Waals surface area contributed by atoms with E-state index in [-0.39, 0.29) is 24.9 Å². The number of anilines is 1. The molecule has 1 aliphatic heterocycles. The number of hydrogen-bond acceptors (Lipinski definition) is 5. The molecule has 164 valence electrons. The van der Waals surface area contributed by atoms with Gasteiger partial charge in [0, 0.05) is 25.1 Å². The average Bonchev–Trinajstić information content (AvgIpc) is 3.10. The van der Waals surface area contributed by atoms with Crippen LogP contribution in [0.4, 0.5) is 13.9 Å². The van der Waals surface area contributed by atoms with E-state index < -0.39 is 26.6 Å². The number of benzene rings is 2. The molecule has 1 N–H and O–H groups in total. The first kappa shape index (κ1) is 21.8. The number of aromatic nitrogens is 1. The standard InChI is InChI=1S/C21H21F2N3O3S2/c1-12-9-13(2)19-17(10-12)30-21(24-19)25-20(27)14-5-7-26(8-6-14)31(28,29)18-4-3-15(22)11-16(18)23/h3-4,9-11,14H,5-8H2,1-2H3,(H,24,25,27). The van der Waals surface area contributed by atoms with Gasteiger partial charge >= 0.3 is 0 Å². The highest BCUT2D eigenvalue weighted by atomic mass is 32.2. The maximum Gasteiger partial charge on any atom is 0.245 e. The fraction of sp³-hybridized carbons (Fsp3) is 0.333. The van der Waals surface area contributed by atoms with E-state index in [9.17, 15) is 22.0 Å². The first-order valence-electron chi connectivity index (χ1n) is 9.79. The number of nitrogens with one attached hydrogen (secondary N) is 1. The Morgan fingerprint density at radius 1 is 1.16 bits per heavy atom. The molecule has 0 saturated carbocycles. The number of amides is 1. The van der Waals surface area contributed by atoms with E-state index in [2.05, 4.69) is 10.3 Å². The minimum absolute atomic E-state index is 0.0788. The number of aryl methyl sites for hydroxylation is 2. The van der Waals surface area contributed by atoms with Crippen LogP contribution >= 0.6 is 11.3 Å². The van der Waals surface area contributed by atoms with Gasteiger partial charge in [-0.2, -0.15) is 4.31 Å². The summed E-state index contributed by atoms with van der Waals surface area (Å²) >= 11 is 1.40. The van der Waals surface area contributed by atoms with Gasteiger partial charge in [0.2, 0.25) is 15.9 Å². The van der Waals surface area contributed by atoms with E-state index in [0.717, 1.165) is 37.8 Å². The zero-order chi connectivity index (χ0) is 22.3. The largest absolute Gasteiger partial charge is 0.302 e. The summed E-state index contributed by atoms with van der Waals surface area (Å²) in [6.07, 6.45) is 0.605. The Hall–Kier alpha value is -2.43. The smallest absolute Gasteiger partial charge is 0.245 e. The lowest BCUT2D eigenvalue weighted by atomic mass is 9.97. The normalized spacial score (nSPS) is 16.0. The minimum atomic E-state index is -4.09. The van der Waals surface area contributed by atoms with Gasteiger partial charge in [0.1, 0.15) is 16.5 Å². The topological polar surface area (TPSA) is 79.4 Å². The number of halogens is 2. The van der Waals surface area contributed by atoms with E-state index in [1.165, 1.54) is 11.3 Å². The molecule has 0 atom stereocenters. The number of hydrogen-bond donors (Lipinski definition) is 1. The highest BCUT2D eigenvalue weighted by molar-refractivity contribution is 7.89. The molecule has 0 aliphatic carbocycles. The Morgan fingerprint density at radius 3 is 2.55 bits per heavy atom. The monoisotopic (exact) mass is 465 g/mol. The maximum absolute atomic E-state index is 14.0. The van der Waals surface area contributed by atoms with Crippen LogP contribution in [0, 0.1) is 31.4 Å². The SMILES string of the molecule is Cc1cc(C)c2nc(NC(=O)C3CCN(S(=O)(=O)c4ccc(F)cc4F)CC3)sc2c1. The Morgan fingerprint density at radius 2 is 1.87 bits per heavy atom. The van der Waals surface area contributed by atoms with Crippen molar-refractivity contribution in [3.8, 4) is 0 Å². The van der Waals surface area contributed by atoms with Crippen molar-refractivity contribution in [1.29, 1.82) is 0 Å². The van der Waals surface area contributed by atoms with Crippen LogP contribution in [0.3, 0.4) is 0 Å². The molecule has 0 radical (unpaired) electrons. The number of thiazole rings is 1. The molecule has 3 aromatic rings. The van der Waals surface area contributed by atoms with Crippen molar-refractivity contribution in [2.75, 3.05) is 18.4 Å². The molecular formula is C21H21F2N3O3S2. The molecule has 0 bridgehead atoms. The summed E-state index contributed by atoms with van der Waals surface area (Å²) in [4.78, 5) is 16.6. The van der Waals surface area contributed by atoms with Crippen LogP contribution in [0.1, 0.15) is 24.0 Å². The molecule has 2 heterocycles. The van der Waals surface area contributed by atoms with E-state index >= 15 is 0 Å². The lowest BCUT2D eigenvalue weighted by Gasteiger charge is -2.30. The molecule has 10 heteroatoms. The number of carbonyl (C=O) groups excluding carboxylic acids is 1. The lowest BCUT2D eigenvalue weighted by molar-refractivity contribution is -0.120. The lowest BCUT2D eigenvalue weighted by Crippen LogP contribution is -2.41. The van der Waals surface area contributed by atoms with E-state index in [4.69, 9.17) is 0 Å². The molecule has 1 amide bonds. The third-order valence-electron chi connectivity index (χ3n) is 5.40. The minimum Gasteiger partial charge on any atom is -0.302 e. The van der Waals surface area contributed by atoms with Crippen molar-refractivity contribution >= 4 is 42.6 Å². The van der Waals surface area contributed by atoms with Crippen LogP contribution in [0.25, 0.3) is 10.2 Å². The molecule has 1 fully saturated rings. The Kier molecular flexibility index (Phi) is 5.80. The molecule has 0 unspecified atom stereocenters. The Bertz CT molecular complexity index is 1270. The summed E-state index contributed by atoms with van der Waals surface area (Å²) in [5, 5.41) is 3.36. The van der Waals surface area contributed by atoms with Gasteiger partial charge in [-0.05, 0) is 56.0 Å². The molecule has 31 heavy (non-hydrogen) atoms. The van der Waals surface area contributed by atoms with Gasteiger partial charge in [-0.25, -0.2) is 22.2 Å². The van der Waals surface area contributed by atoms with Crippen LogP contribution in [0.5, 0.6) is 0 Å². The van der Waals surface area contributed by atoms with E-state index in [1.54, 1.807) is 0 Å². The third-order valence-corrected chi connectivity index (χ3v) is 8.25. The predicted molar refractivity (Wildman–Crippen MR) is 116 cm³/mol. The number of fused-ring (bicyclic) bond motifs is 1. The van der Waals surface area contributed by atoms with Crippen LogP contribution in [-0.4, -0.2) is 36.7 Å². The van der Waals surface area contributed by atoms with Crippen molar-refractivity contribution in [3.63, 3.8) is 0 Å². The number of sulfonamides is 1. The average molecular weight is 466 g/mol. The van der Waals surface area contributed by atoms with Crippen molar-refractivity contribution in [3.05, 3.63) is 53.1 Å². The summed E-state index contributed by atoms with van der Waals surface area (Å²) in [6.45, 7) is 4.13. The molecule has 6 nitrogen and oxygen atoms in total. The van der Waals surface area contributed by atoms with Crippen LogP contribution in [0.2, 0.25) is 0 Å². The number of carbonyl (C=O) groups is 1. The fourth-order valence-electron chi connectivity index (χ4n) is 3.81. The quantitative estimate of drug-likeness (QED) is 0.625. The Balaban J connectivity index is 1.42. The number of piperidine rings is 1. The van der Waals surface area contributed by atoms with Crippen molar-refractivity contribution < 1.29 is 22.0 Å². The van der Waals surface area contributed by atoms with Gasteiger partial charge < -0.3 is 5.32 Å². The van der Waals surface area contributed by atoms with Gasteiger partial charge in [-0.1, -0.05) is 17.4 Å². The van der Waals surface area contributed by atoms with Crippen LogP contribution in [0.15, 0.2) is 35.2 Å². The molecule has 1 saturated heterocycles. The third kappa shape index (κ3) is 4.32. The van der Waals surface area contributed by atoms with Gasteiger partial charge in [-0.3, -0.25) is 4.79 Å². The van der Waals surface area contributed by atoms with Crippen LogP contribution < -0.4 is 5.32 Å². The summed E-state index contributed by atoms with van der Waals surface area (Å²) in [7, 11) is -4.09. The van der Waals surface area contributed by atoms with Crippen LogP contribution in [-0.2, 0) is 14.8 Å². The fourth-order valence-corrected chi connectivity index (χ4v) is 6.37. The van der Waals surface area contributed by atoms with Gasteiger partial charge in [0.05, 0.1) is 10.2 Å². The summed E-state index contributed by atoms with van der Waals surface area (Å²) in [5.41, 5.74) is 3.02. The van der Waals surface area contributed by atoms with Crippen molar-refractivity contribution in [1.82, 2.24) is 9.29 Å². The van der Waals surface area contributed by atoms with E-state index in [1.807, 2.05) is 26.0 Å². The summed E-state index contributed by atoms with van der Waals surface area (Å²) < 4.78 is 54.6. The van der Waals surface area contributed by atoms with Gasteiger partial charge in [-0.15, -0.1) is 0 Å². The molecule has 4 rings (SSSR count). The van der Waals surface area contributed by atoms with E-state index in [0.29, 0.717) is 24.0 Å². The predicted octanol–water partition coefficient (Wildman–Crippen LogP) is 4.23. The summed E-state index contributed by atoms with van der Waals surface area (Å²) in [5.74, 6) is -2.55. The van der Waals surface area contributed by atoms with Gasteiger partial charge in [0.25, 0.3) is 0 Å². The van der Waals surface area contributed by atoms with Gasteiger partial charge in [0.15, 0.2) is 5.13 Å². The van der Waals surface area contributed by atoms with Crippen molar-refractivity contribution in [2.24, 2.45) is 5.92 Å². The highest BCUT2D eigenvalue weighted by Gasteiger charge is 2.34. The first-order chi connectivity index (χ1) is 14.6. The molecular weight excluding hydrogens is 444 g/mol. The summed E-state index contributed by atoms with van der Waals surface area (Å²) in [6, 6.07) is 6.45. The zero-order valence-corrected chi connectivity index (χ0v) is 18.6. The maximum atomic E-state index is 14.0. The second-order valence-electron chi connectivity index (χ2n) is 7.69. The molecule has 1 aromatic heterocycles. The van der Waals surface area contributed by atoms with Crippen molar-refractivity contribution in [2.45, 2.75) is 31.6 Å². The number of nitrogens with zero attached hydrogens (tertiary/aromatic N) is 2. The Labute approximate surface area is 183 Å². The number of rotatable bonds is 4. The molecule has 2 aromatic carbocycles. The zero-order valence-electron chi connectivity index (χ0n) is 17.0. The molecule has 0 spiro atoms. The first-order valence-corrected chi connectivity index (χ1v) is 12.0. The highest BCUT2D eigenvalue weighted by Crippen LogP contribution is 2.31. The second kappa shape index (κ2) is 8.25. The second-order valence-corrected chi connectivity index (χ2v) is 10.6.